The van der Waals surface area contributed by atoms with Crippen LogP contribution in [0.1, 0.15) is 10.4 Å². The van der Waals surface area contributed by atoms with Gasteiger partial charge in [0.1, 0.15) is 5.82 Å². The third kappa shape index (κ3) is 5.19. The second kappa shape index (κ2) is 8.59. The van der Waals surface area contributed by atoms with E-state index in [0.29, 0.717) is 10.7 Å². The van der Waals surface area contributed by atoms with Gasteiger partial charge in [0.25, 0.3) is 15.9 Å². The van der Waals surface area contributed by atoms with Crippen molar-refractivity contribution in [3.8, 4) is 0 Å². The van der Waals surface area contributed by atoms with Gasteiger partial charge < -0.3 is 5.32 Å². The zero-order chi connectivity index (χ0) is 21.2. The largest absolute Gasteiger partial charge is 0.321 e. The molecule has 0 unspecified atom stereocenters. The van der Waals surface area contributed by atoms with Gasteiger partial charge >= 0.3 is 0 Å². The van der Waals surface area contributed by atoms with Crippen LogP contribution in [-0.4, -0.2) is 14.3 Å². The lowest BCUT2D eigenvalue weighted by Crippen LogP contribution is -2.15. The molecule has 0 aromatic heterocycles. The van der Waals surface area contributed by atoms with E-state index < -0.39 is 21.7 Å². The molecule has 0 radical (unpaired) electrons. The quantitative estimate of drug-likeness (QED) is 0.489. The maximum Gasteiger partial charge on any atom is 0.261 e. The van der Waals surface area contributed by atoms with E-state index in [2.05, 4.69) is 10.0 Å². The van der Waals surface area contributed by atoms with Crippen LogP contribution in [0.15, 0.2) is 65.6 Å². The number of hydrogen-bond acceptors (Lipinski definition) is 3. The maximum atomic E-state index is 13.0. The second-order valence-electron chi connectivity index (χ2n) is 5.83. The molecule has 0 fully saturated rings. The number of carbonyl (C=O) groups is 1. The average Bonchev–Trinajstić information content (AvgIpc) is 2.66. The Morgan fingerprint density at radius 2 is 1.52 bits per heavy atom. The number of halogens is 4. The monoisotopic (exact) mass is 472 g/mol. The van der Waals surface area contributed by atoms with Gasteiger partial charge in [-0.25, -0.2) is 12.8 Å². The van der Waals surface area contributed by atoms with Crippen molar-refractivity contribution in [3.05, 3.63) is 87.1 Å². The Kier molecular flexibility index (Phi) is 6.33. The van der Waals surface area contributed by atoms with Crippen molar-refractivity contribution < 1.29 is 17.6 Å². The molecule has 0 saturated carbocycles. The standard InChI is InChI=1S/C19H12Cl3FN2O3S/c20-12-2-8-17(16(22)10-12)24-19(26)11-1-7-15(21)18(9-11)25-29(27,28)14-5-3-13(23)4-6-14/h1-10,25H,(H,24,26). The summed E-state index contributed by atoms with van der Waals surface area (Å²) in [7, 11) is -4.03. The van der Waals surface area contributed by atoms with E-state index in [0.717, 1.165) is 24.3 Å². The van der Waals surface area contributed by atoms with Crippen molar-refractivity contribution in [2.75, 3.05) is 10.0 Å². The molecule has 2 N–H and O–H groups in total. The number of carbonyl (C=O) groups excluding carboxylic acids is 1. The van der Waals surface area contributed by atoms with E-state index >= 15 is 0 Å². The first-order valence-electron chi connectivity index (χ1n) is 8.00. The molecule has 10 heteroatoms. The van der Waals surface area contributed by atoms with Crippen LogP contribution in [0, 0.1) is 5.82 Å². The summed E-state index contributed by atoms with van der Waals surface area (Å²) in [5.74, 6) is -1.10. The minimum atomic E-state index is -4.03. The Bertz CT molecular complexity index is 1190. The van der Waals surface area contributed by atoms with Crippen molar-refractivity contribution in [2.45, 2.75) is 4.90 Å². The van der Waals surface area contributed by atoms with Gasteiger partial charge in [-0.1, -0.05) is 34.8 Å². The normalized spacial score (nSPS) is 11.2. The highest BCUT2D eigenvalue weighted by Crippen LogP contribution is 2.28. The molecule has 0 aliphatic carbocycles. The molecule has 3 aromatic carbocycles. The van der Waals surface area contributed by atoms with Gasteiger partial charge in [-0.3, -0.25) is 9.52 Å². The smallest absolute Gasteiger partial charge is 0.261 e. The molecular weight excluding hydrogens is 462 g/mol. The summed E-state index contributed by atoms with van der Waals surface area (Å²) in [5, 5.41) is 3.35. The van der Waals surface area contributed by atoms with E-state index in [-0.39, 0.29) is 26.2 Å². The van der Waals surface area contributed by atoms with Gasteiger partial charge in [0, 0.05) is 10.6 Å². The molecule has 150 valence electrons. The first-order valence-corrected chi connectivity index (χ1v) is 10.6. The van der Waals surface area contributed by atoms with Gasteiger partial charge in [0.15, 0.2) is 0 Å². The lowest BCUT2D eigenvalue weighted by Gasteiger charge is -2.12. The Hall–Kier alpha value is -2.32. The van der Waals surface area contributed by atoms with Crippen molar-refractivity contribution in [1.82, 2.24) is 0 Å². The summed E-state index contributed by atoms with van der Waals surface area (Å²) in [6, 6.07) is 12.9. The minimum Gasteiger partial charge on any atom is -0.321 e. The number of sulfonamides is 1. The van der Waals surface area contributed by atoms with Crippen LogP contribution in [0.5, 0.6) is 0 Å². The molecule has 5 nitrogen and oxygen atoms in total. The fourth-order valence-corrected chi connectivity index (χ4v) is 4.09. The van der Waals surface area contributed by atoms with Crippen molar-refractivity contribution in [3.63, 3.8) is 0 Å². The first-order chi connectivity index (χ1) is 13.7. The zero-order valence-electron chi connectivity index (χ0n) is 14.4. The highest BCUT2D eigenvalue weighted by atomic mass is 35.5. The third-order valence-corrected chi connectivity index (χ3v) is 6.03. The summed E-state index contributed by atoms with van der Waals surface area (Å²) >= 11 is 17.9. The SMILES string of the molecule is O=C(Nc1ccc(Cl)cc1Cl)c1ccc(Cl)c(NS(=O)(=O)c2ccc(F)cc2)c1. The highest BCUT2D eigenvalue weighted by Gasteiger charge is 2.18. The number of hydrogen-bond donors (Lipinski definition) is 2. The molecular formula is C19H12Cl3FN2O3S. The maximum absolute atomic E-state index is 13.0. The molecule has 3 rings (SSSR count). The molecule has 0 aliphatic rings. The Balaban J connectivity index is 1.85. The van der Waals surface area contributed by atoms with Gasteiger partial charge in [-0.05, 0) is 60.7 Å². The third-order valence-electron chi connectivity index (χ3n) is 3.78. The summed E-state index contributed by atoms with van der Waals surface area (Å²) in [6.45, 7) is 0. The van der Waals surface area contributed by atoms with Crippen molar-refractivity contribution in [1.29, 1.82) is 0 Å². The van der Waals surface area contributed by atoms with Crippen LogP contribution in [0.25, 0.3) is 0 Å². The van der Waals surface area contributed by atoms with Gasteiger partial charge in [-0.15, -0.1) is 0 Å². The molecule has 1 amide bonds. The van der Waals surface area contributed by atoms with E-state index in [4.69, 9.17) is 34.8 Å². The lowest BCUT2D eigenvalue weighted by atomic mass is 10.2. The number of amides is 1. The molecule has 0 bridgehead atoms. The number of rotatable bonds is 5. The molecule has 29 heavy (non-hydrogen) atoms. The van der Waals surface area contributed by atoms with Crippen molar-refractivity contribution >= 4 is 62.1 Å². The lowest BCUT2D eigenvalue weighted by molar-refractivity contribution is 0.102. The Morgan fingerprint density at radius 3 is 2.17 bits per heavy atom. The molecule has 0 spiro atoms. The van der Waals surface area contributed by atoms with Gasteiger partial charge in [0.05, 0.1) is 26.3 Å². The summed E-state index contributed by atoms with van der Waals surface area (Å²) in [5.41, 5.74) is 0.465. The zero-order valence-corrected chi connectivity index (χ0v) is 17.5. The van der Waals surface area contributed by atoms with Crippen LogP contribution in [0.4, 0.5) is 15.8 Å². The van der Waals surface area contributed by atoms with E-state index in [1.165, 1.54) is 30.3 Å². The minimum absolute atomic E-state index is 0.00848. The topological polar surface area (TPSA) is 75.3 Å². The number of benzene rings is 3. The van der Waals surface area contributed by atoms with Gasteiger partial charge in [-0.2, -0.15) is 0 Å². The molecule has 0 aliphatic heterocycles. The van der Waals surface area contributed by atoms with E-state index in [1.54, 1.807) is 6.07 Å². The average molecular weight is 474 g/mol. The van der Waals surface area contributed by atoms with E-state index in [9.17, 15) is 17.6 Å². The summed E-state index contributed by atoms with van der Waals surface area (Å²) in [6.07, 6.45) is 0. The van der Waals surface area contributed by atoms with Crippen molar-refractivity contribution in [2.24, 2.45) is 0 Å². The van der Waals surface area contributed by atoms with Crippen LogP contribution < -0.4 is 10.0 Å². The molecule has 3 aromatic rings. The molecule has 0 atom stereocenters. The predicted molar refractivity (Wildman–Crippen MR) is 113 cm³/mol. The number of nitrogens with one attached hydrogen (secondary N) is 2. The van der Waals surface area contributed by atoms with Crippen LogP contribution >= 0.6 is 34.8 Å². The van der Waals surface area contributed by atoms with Crippen LogP contribution in [0.2, 0.25) is 15.1 Å². The fraction of sp³-hybridized carbons (Fsp3) is 0. The molecule has 0 heterocycles. The van der Waals surface area contributed by atoms with E-state index in [1.807, 2.05) is 0 Å². The van der Waals surface area contributed by atoms with Crippen LogP contribution in [0.3, 0.4) is 0 Å². The predicted octanol–water partition coefficient (Wildman–Crippen LogP) is 5.84. The summed E-state index contributed by atoms with van der Waals surface area (Å²) < 4.78 is 40.3. The van der Waals surface area contributed by atoms with Crippen LogP contribution in [-0.2, 0) is 10.0 Å². The highest BCUT2D eigenvalue weighted by molar-refractivity contribution is 7.92. The van der Waals surface area contributed by atoms with Gasteiger partial charge in [0.2, 0.25) is 0 Å². The number of anilines is 2. The first kappa shape index (κ1) is 21.4. The molecule has 0 saturated heterocycles. The fourth-order valence-electron chi connectivity index (χ4n) is 2.35. The Morgan fingerprint density at radius 1 is 0.828 bits per heavy atom. The Labute approximate surface area is 181 Å². The second-order valence-corrected chi connectivity index (χ2v) is 8.77. The summed E-state index contributed by atoms with van der Waals surface area (Å²) in [4.78, 5) is 12.4.